The highest BCUT2D eigenvalue weighted by molar-refractivity contribution is 7.47. The lowest BCUT2D eigenvalue weighted by Gasteiger charge is -2.31. The average Bonchev–Trinajstić information content (AvgIpc) is 3.25. The third-order valence-corrected chi connectivity index (χ3v) is 5.80. The number of aromatic nitrogens is 4. The number of nitrogen functional groups attached to an aromatic ring is 1. The summed E-state index contributed by atoms with van der Waals surface area (Å²) in [4.78, 5) is 32.4. The highest BCUT2D eigenvalue weighted by Gasteiger charge is 2.64. The van der Waals surface area contributed by atoms with Crippen molar-refractivity contribution in [3.05, 3.63) is 16.7 Å². The summed E-state index contributed by atoms with van der Waals surface area (Å²) in [6, 6.07) is 0. The number of fused-ring (bicyclic) bond motifs is 3. The van der Waals surface area contributed by atoms with Crippen LogP contribution in [-0.2, 0) is 23.1 Å². The molecule has 2 aromatic rings. The van der Waals surface area contributed by atoms with Gasteiger partial charge in [-0.3, -0.25) is 23.4 Å². The zero-order valence-electron chi connectivity index (χ0n) is 14.7. The molecule has 12 nitrogen and oxygen atoms in total. The SMILES string of the molecule is CCC[C@@]12CO[C@@H](C1OP(=O)(O)OC)[C@H](n1cnc3c(=O)[nH]c(N)nc31)O2. The van der Waals surface area contributed by atoms with Crippen molar-refractivity contribution >= 4 is 24.9 Å². The predicted octanol–water partition coefficient (Wildman–Crippen LogP) is 0.300. The van der Waals surface area contributed by atoms with Gasteiger partial charge in [0.2, 0.25) is 5.95 Å². The van der Waals surface area contributed by atoms with Gasteiger partial charge in [-0.15, -0.1) is 0 Å². The second kappa shape index (κ2) is 6.36. The van der Waals surface area contributed by atoms with Gasteiger partial charge in [0, 0.05) is 7.11 Å². The molecule has 2 aliphatic heterocycles. The molecule has 4 N–H and O–H groups in total. The number of imidazole rings is 1. The summed E-state index contributed by atoms with van der Waals surface area (Å²) in [5, 5.41) is 0. The number of aromatic amines is 1. The average molecular weight is 401 g/mol. The van der Waals surface area contributed by atoms with E-state index in [-0.39, 0.29) is 23.7 Å². The van der Waals surface area contributed by atoms with Crippen molar-refractivity contribution in [1.82, 2.24) is 19.5 Å². The number of anilines is 1. The van der Waals surface area contributed by atoms with Crippen LogP contribution in [-0.4, -0.2) is 55.9 Å². The Balaban J connectivity index is 1.76. The molecule has 148 valence electrons. The predicted molar refractivity (Wildman–Crippen MR) is 91.8 cm³/mol. The fourth-order valence-electron chi connectivity index (χ4n) is 3.73. The van der Waals surface area contributed by atoms with Crippen molar-refractivity contribution in [2.75, 3.05) is 19.5 Å². The maximum Gasteiger partial charge on any atom is 0.472 e. The summed E-state index contributed by atoms with van der Waals surface area (Å²) in [6.45, 7) is 2.16. The zero-order valence-corrected chi connectivity index (χ0v) is 15.6. The van der Waals surface area contributed by atoms with Crippen molar-refractivity contribution < 1.29 is 28.0 Å². The third-order valence-electron chi connectivity index (χ3n) is 4.85. The lowest BCUT2D eigenvalue weighted by molar-refractivity contribution is -0.174. The van der Waals surface area contributed by atoms with Crippen molar-refractivity contribution in [2.45, 2.75) is 43.8 Å². The normalized spacial score (nSPS) is 32.2. The number of hydrogen-bond donors (Lipinski definition) is 3. The molecule has 4 rings (SSSR count). The minimum absolute atomic E-state index is 0.0614. The number of rotatable bonds is 6. The van der Waals surface area contributed by atoms with E-state index in [1.54, 1.807) is 0 Å². The van der Waals surface area contributed by atoms with E-state index >= 15 is 0 Å². The molecule has 2 saturated heterocycles. The maximum atomic E-state index is 12.0. The van der Waals surface area contributed by atoms with E-state index in [0.717, 1.165) is 13.5 Å². The Kier molecular flexibility index (Phi) is 4.37. The molecule has 0 aromatic carbocycles. The van der Waals surface area contributed by atoms with Gasteiger partial charge in [-0.05, 0) is 6.42 Å². The molecule has 4 heterocycles. The minimum Gasteiger partial charge on any atom is -0.369 e. The molecule has 5 atom stereocenters. The van der Waals surface area contributed by atoms with Crippen molar-refractivity contribution in [1.29, 1.82) is 0 Å². The molecule has 27 heavy (non-hydrogen) atoms. The Morgan fingerprint density at radius 2 is 2.37 bits per heavy atom. The Bertz CT molecular complexity index is 976. The van der Waals surface area contributed by atoms with Gasteiger partial charge in [0.15, 0.2) is 17.4 Å². The Labute approximate surface area is 153 Å². The molecule has 2 aliphatic rings. The van der Waals surface area contributed by atoms with Gasteiger partial charge < -0.3 is 20.1 Å². The molecule has 2 bridgehead atoms. The van der Waals surface area contributed by atoms with E-state index in [1.807, 2.05) is 6.92 Å². The molecule has 0 spiro atoms. The quantitative estimate of drug-likeness (QED) is 0.573. The lowest BCUT2D eigenvalue weighted by atomic mass is 9.94. The van der Waals surface area contributed by atoms with Gasteiger partial charge >= 0.3 is 7.82 Å². The highest BCUT2D eigenvalue weighted by Crippen LogP contribution is 2.55. The third kappa shape index (κ3) is 2.89. The van der Waals surface area contributed by atoms with Crippen LogP contribution in [0.25, 0.3) is 11.2 Å². The molecule has 2 aromatic heterocycles. The van der Waals surface area contributed by atoms with Crippen molar-refractivity contribution in [3.8, 4) is 0 Å². The maximum absolute atomic E-state index is 12.0. The van der Waals surface area contributed by atoms with Crippen molar-refractivity contribution in [3.63, 3.8) is 0 Å². The van der Waals surface area contributed by atoms with Gasteiger partial charge in [-0.1, -0.05) is 13.3 Å². The van der Waals surface area contributed by atoms with Gasteiger partial charge in [-0.25, -0.2) is 9.55 Å². The number of nitrogens with one attached hydrogen (secondary N) is 1. The summed E-state index contributed by atoms with van der Waals surface area (Å²) in [5.74, 6) is -0.0614. The van der Waals surface area contributed by atoms with E-state index in [2.05, 4.69) is 19.5 Å². The van der Waals surface area contributed by atoms with Crippen LogP contribution in [0.15, 0.2) is 11.1 Å². The van der Waals surface area contributed by atoms with Gasteiger partial charge in [0.05, 0.1) is 12.9 Å². The molecular weight excluding hydrogens is 381 g/mol. The standard InChI is InChI=1S/C14H20N5O7P/c1-3-4-14-5-24-8(9(14)26-27(21,22)23-2)12(25-14)19-6-16-7-10(19)17-13(15)18-11(7)20/h6,8-9,12H,3-5H2,1-2H3,(H,21,22)(H3,15,17,18,20)/t8-,9?,12+,14+/m0/s1. The number of ether oxygens (including phenoxy) is 2. The van der Waals surface area contributed by atoms with Crippen LogP contribution in [0.4, 0.5) is 5.95 Å². The molecule has 2 fully saturated rings. The lowest BCUT2D eigenvalue weighted by Crippen LogP contribution is -2.41. The van der Waals surface area contributed by atoms with Crippen LogP contribution < -0.4 is 11.3 Å². The smallest absolute Gasteiger partial charge is 0.369 e. The molecule has 13 heteroatoms. The second-order valence-corrected chi connectivity index (χ2v) is 8.06. The molecule has 0 aliphatic carbocycles. The summed E-state index contributed by atoms with van der Waals surface area (Å²) in [6.07, 6.45) is 0.359. The van der Waals surface area contributed by atoms with Crippen LogP contribution in [0.2, 0.25) is 0 Å². The Morgan fingerprint density at radius 1 is 1.59 bits per heavy atom. The van der Waals surface area contributed by atoms with Crippen LogP contribution >= 0.6 is 7.82 Å². The Hall–Kier alpha value is -1.82. The fraction of sp³-hybridized carbons (Fsp3) is 0.643. The van der Waals surface area contributed by atoms with E-state index in [4.69, 9.17) is 19.7 Å². The largest absolute Gasteiger partial charge is 0.472 e. The van der Waals surface area contributed by atoms with Crippen LogP contribution in [0.3, 0.4) is 0 Å². The topological polar surface area (TPSA) is 164 Å². The summed E-state index contributed by atoms with van der Waals surface area (Å²) in [7, 11) is -3.18. The number of nitrogens with zero attached hydrogens (tertiary/aromatic N) is 3. The first-order valence-corrected chi connectivity index (χ1v) is 9.88. The first kappa shape index (κ1) is 18.5. The van der Waals surface area contributed by atoms with Crippen LogP contribution in [0, 0.1) is 0 Å². The minimum atomic E-state index is -4.27. The number of phosphoric acid groups is 1. The van der Waals surface area contributed by atoms with E-state index in [0.29, 0.717) is 6.42 Å². The van der Waals surface area contributed by atoms with Crippen LogP contribution in [0.1, 0.15) is 26.0 Å². The molecule has 2 unspecified atom stereocenters. The summed E-state index contributed by atoms with van der Waals surface area (Å²) in [5.41, 5.74) is 4.56. The Morgan fingerprint density at radius 3 is 3.07 bits per heavy atom. The van der Waals surface area contributed by atoms with E-state index in [1.165, 1.54) is 10.9 Å². The highest BCUT2D eigenvalue weighted by atomic mass is 31.2. The first-order chi connectivity index (χ1) is 12.8. The molecule has 0 radical (unpaired) electrons. The van der Waals surface area contributed by atoms with E-state index < -0.39 is 37.4 Å². The summed E-state index contributed by atoms with van der Waals surface area (Å²) < 4.78 is 35.5. The second-order valence-electron chi connectivity index (χ2n) is 6.55. The fourth-order valence-corrected chi connectivity index (χ4v) is 4.42. The first-order valence-electron chi connectivity index (χ1n) is 8.39. The van der Waals surface area contributed by atoms with Gasteiger partial charge in [0.1, 0.15) is 17.8 Å². The zero-order chi connectivity index (χ0) is 19.4. The number of H-pyrrole nitrogens is 1. The van der Waals surface area contributed by atoms with E-state index in [9.17, 15) is 14.3 Å². The van der Waals surface area contributed by atoms with Crippen LogP contribution in [0.5, 0.6) is 0 Å². The molecule has 0 amide bonds. The molecule has 0 saturated carbocycles. The number of phosphoric ester groups is 1. The number of nitrogens with two attached hydrogens (primary N) is 1. The summed E-state index contributed by atoms with van der Waals surface area (Å²) >= 11 is 0. The number of hydrogen-bond acceptors (Lipinski definition) is 9. The monoisotopic (exact) mass is 401 g/mol. The van der Waals surface area contributed by atoms with Gasteiger partial charge in [0.25, 0.3) is 5.56 Å². The molecular formula is C14H20N5O7P. The van der Waals surface area contributed by atoms with Gasteiger partial charge in [-0.2, -0.15) is 4.98 Å². The van der Waals surface area contributed by atoms with Crippen molar-refractivity contribution in [2.24, 2.45) is 0 Å².